The molecule has 2 nitrogen and oxygen atoms in total. The lowest BCUT2D eigenvalue weighted by molar-refractivity contribution is -0.914. The van der Waals surface area contributed by atoms with E-state index in [9.17, 15) is 0 Å². The summed E-state index contributed by atoms with van der Waals surface area (Å²) in [6, 6.07) is 6.30. The van der Waals surface area contributed by atoms with Gasteiger partial charge in [0.05, 0.1) is 20.2 Å². The van der Waals surface area contributed by atoms with Crippen LogP contribution < -0.4 is 9.64 Å². The molecule has 1 N–H and O–H groups in total. The first-order chi connectivity index (χ1) is 8.79. The Labute approximate surface area is 118 Å². The molecule has 1 heterocycles. The Balaban J connectivity index is 2.04. The highest BCUT2D eigenvalue weighted by molar-refractivity contribution is 9.10. The minimum absolute atomic E-state index is 1.02. The normalized spacial score (nSPS) is 18.1. The van der Waals surface area contributed by atoms with Crippen LogP contribution in [0.25, 0.3) is 0 Å². The Bertz CT molecular complexity index is 373. The molecular weight excluding hydrogens is 290 g/mol. The monoisotopic (exact) mass is 312 g/mol. The molecule has 0 amide bonds. The molecule has 1 aliphatic heterocycles. The fourth-order valence-electron chi connectivity index (χ4n) is 2.74. The van der Waals surface area contributed by atoms with E-state index in [4.69, 9.17) is 4.74 Å². The van der Waals surface area contributed by atoms with Crippen LogP contribution in [-0.4, -0.2) is 20.2 Å². The number of likely N-dealkylation sites (tertiary alicyclic amines) is 1. The standard InChI is InChI=1S/C15H22BrNO/c1-18-15-8-7-14(16)11-13(15)12-17-9-5-3-2-4-6-10-17/h7-8,11H,2-6,9-10,12H2,1H3/p+1. The summed E-state index contributed by atoms with van der Waals surface area (Å²) < 4.78 is 6.61. The zero-order chi connectivity index (χ0) is 12.8. The molecule has 0 atom stereocenters. The number of hydrogen-bond acceptors (Lipinski definition) is 1. The Morgan fingerprint density at radius 1 is 1.11 bits per heavy atom. The van der Waals surface area contributed by atoms with Crippen molar-refractivity contribution >= 4 is 15.9 Å². The van der Waals surface area contributed by atoms with Gasteiger partial charge < -0.3 is 9.64 Å². The van der Waals surface area contributed by atoms with Crippen molar-refractivity contribution < 1.29 is 9.64 Å². The number of benzene rings is 1. The zero-order valence-corrected chi connectivity index (χ0v) is 12.8. The first kappa shape index (κ1) is 13.9. The molecule has 0 unspecified atom stereocenters. The summed E-state index contributed by atoms with van der Waals surface area (Å²) in [7, 11) is 1.76. The van der Waals surface area contributed by atoms with Crippen LogP contribution in [0, 0.1) is 0 Å². The lowest BCUT2D eigenvalue weighted by Crippen LogP contribution is -3.10. The van der Waals surface area contributed by atoms with Crippen molar-refractivity contribution in [3.05, 3.63) is 28.2 Å². The predicted octanol–water partition coefficient (Wildman–Crippen LogP) is 2.81. The van der Waals surface area contributed by atoms with Crippen LogP contribution in [0.1, 0.15) is 37.7 Å². The van der Waals surface area contributed by atoms with E-state index in [0.717, 1.165) is 16.8 Å². The SMILES string of the molecule is COc1ccc(Br)cc1C[NH+]1CCCCCCC1. The van der Waals surface area contributed by atoms with Gasteiger partial charge >= 0.3 is 0 Å². The van der Waals surface area contributed by atoms with Gasteiger partial charge in [0.2, 0.25) is 0 Å². The van der Waals surface area contributed by atoms with E-state index >= 15 is 0 Å². The van der Waals surface area contributed by atoms with Crippen LogP contribution >= 0.6 is 15.9 Å². The van der Waals surface area contributed by atoms with E-state index in [1.54, 1.807) is 12.0 Å². The van der Waals surface area contributed by atoms with Gasteiger partial charge in [-0.05, 0) is 43.9 Å². The smallest absolute Gasteiger partial charge is 0.127 e. The molecule has 1 aromatic carbocycles. The van der Waals surface area contributed by atoms with E-state index in [-0.39, 0.29) is 0 Å². The fourth-order valence-corrected chi connectivity index (χ4v) is 3.15. The zero-order valence-electron chi connectivity index (χ0n) is 11.2. The van der Waals surface area contributed by atoms with Crippen molar-refractivity contribution in [3.8, 4) is 5.75 Å². The second-order valence-corrected chi connectivity index (χ2v) is 6.07. The van der Waals surface area contributed by atoms with Crippen molar-refractivity contribution in [1.82, 2.24) is 0 Å². The summed E-state index contributed by atoms with van der Waals surface area (Å²) in [5.41, 5.74) is 1.32. The highest BCUT2D eigenvalue weighted by Crippen LogP contribution is 2.22. The largest absolute Gasteiger partial charge is 0.496 e. The van der Waals surface area contributed by atoms with Crippen LogP contribution in [0.5, 0.6) is 5.75 Å². The van der Waals surface area contributed by atoms with Gasteiger partial charge in [-0.15, -0.1) is 0 Å². The predicted molar refractivity (Wildman–Crippen MR) is 78.2 cm³/mol. The third-order valence-corrected chi connectivity index (χ3v) is 4.24. The number of rotatable bonds is 3. The molecule has 3 heteroatoms. The number of nitrogens with one attached hydrogen (secondary N) is 1. The van der Waals surface area contributed by atoms with Gasteiger partial charge in [-0.1, -0.05) is 22.4 Å². The molecule has 0 aromatic heterocycles. The summed E-state index contributed by atoms with van der Waals surface area (Å²) in [4.78, 5) is 1.70. The second kappa shape index (κ2) is 7.15. The molecular formula is C15H23BrNO+. The fraction of sp³-hybridized carbons (Fsp3) is 0.600. The molecule has 100 valence electrons. The Kier molecular flexibility index (Phi) is 5.51. The summed E-state index contributed by atoms with van der Waals surface area (Å²) in [5.74, 6) is 1.02. The molecule has 0 radical (unpaired) electrons. The minimum atomic E-state index is 1.02. The summed E-state index contributed by atoms with van der Waals surface area (Å²) in [6.07, 6.45) is 6.96. The molecule has 0 saturated carbocycles. The third-order valence-electron chi connectivity index (χ3n) is 3.74. The molecule has 18 heavy (non-hydrogen) atoms. The average molecular weight is 313 g/mol. The highest BCUT2D eigenvalue weighted by atomic mass is 79.9. The molecule has 1 saturated heterocycles. The van der Waals surface area contributed by atoms with Crippen molar-refractivity contribution in [2.24, 2.45) is 0 Å². The van der Waals surface area contributed by atoms with Crippen molar-refractivity contribution in [1.29, 1.82) is 0 Å². The summed E-state index contributed by atoms with van der Waals surface area (Å²) in [5, 5.41) is 0. The lowest BCUT2D eigenvalue weighted by Gasteiger charge is -2.22. The molecule has 1 aromatic rings. The average Bonchev–Trinajstić information content (AvgIpc) is 2.33. The lowest BCUT2D eigenvalue weighted by atomic mass is 10.1. The molecule has 0 aliphatic carbocycles. The Morgan fingerprint density at radius 3 is 2.44 bits per heavy atom. The van der Waals surface area contributed by atoms with E-state index in [0.29, 0.717) is 0 Å². The first-order valence-electron chi connectivity index (χ1n) is 6.95. The van der Waals surface area contributed by atoms with Crippen LogP contribution in [-0.2, 0) is 6.54 Å². The van der Waals surface area contributed by atoms with Crippen LogP contribution in [0.2, 0.25) is 0 Å². The van der Waals surface area contributed by atoms with Gasteiger partial charge in [-0.3, -0.25) is 0 Å². The molecule has 0 spiro atoms. The van der Waals surface area contributed by atoms with E-state index < -0.39 is 0 Å². The van der Waals surface area contributed by atoms with Crippen LogP contribution in [0.3, 0.4) is 0 Å². The van der Waals surface area contributed by atoms with Crippen molar-refractivity contribution in [3.63, 3.8) is 0 Å². The molecule has 1 aliphatic rings. The Morgan fingerprint density at radius 2 is 1.78 bits per heavy atom. The molecule has 2 rings (SSSR count). The second-order valence-electron chi connectivity index (χ2n) is 5.15. The maximum Gasteiger partial charge on any atom is 0.127 e. The van der Waals surface area contributed by atoms with E-state index in [2.05, 4.69) is 28.1 Å². The topological polar surface area (TPSA) is 13.7 Å². The number of ether oxygens (including phenoxy) is 1. The van der Waals surface area contributed by atoms with Crippen LogP contribution in [0.15, 0.2) is 22.7 Å². The minimum Gasteiger partial charge on any atom is -0.496 e. The first-order valence-corrected chi connectivity index (χ1v) is 7.75. The van der Waals surface area contributed by atoms with Crippen molar-refractivity contribution in [2.45, 2.75) is 38.6 Å². The quantitative estimate of drug-likeness (QED) is 0.906. The maximum atomic E-state index is 5.46. The van der Waals surface area contributed by atoms with Crippen molar-refractivity contribution in [2.75, 3.05) is 20.2 Å². The van der Waals surface area contributed by atoms with Gasteiger partial charge in [0.15, 0.2) is 0 Å². The highest BCUT2D eigenvalue weighted by Gasteiger charge is 2.14. The van der Waals surface area contributed by atoms with Gasteiger partial charge in [-0.2, -0.15) is 0 Å². The number of halogens is 1. The number of methoxy groups -OCH3 is 1. The van der Waals surface area contributed by atoms with Gasteiger partial charge in [0.1, 0.15) is 12.3 Å². The molecule has 1 fully saturated rings. The van der Waals surface area contributed by atoms with Gasteiger partial charge in [0, 0.05) is 10.0 Å². The Hall–Kier alpha value is -0.540. The summed E-state index contributed by atoms with van der Waals surface area (Å²) >= 11 is 3.55. The van der Waals surface area contributed by atoms with E-state index in [1.165, 1.54) is 50.8 Å². The number of hydrogen-bond donors (Lipinski definition) is 1. The maximum absolute atomic E-state index is 5.46. The third kappa shape index (κ3) is 3.99. The molecule has 0 bridgehead atoms. The van der Waals surface area contributed by atoms with E-state index in [1.807, 2.05) is 6.07 Å². The van der Waals surface area contributed by atoms with Gasteiger partial charge in [0.25, 0.3) is 0 Å². The van der Waals surface area contributed by atoms with Gasteiger partial charge in [-0.25, -0.2) is 0 Å². The summed E-state index contributed by atoms with van der Waals surface area (Å²) in [6.45, 7) is 3.69. The number of quaternary nitrogens is 1. The van der Waals surface area contributed by atoms with Crippen LogP contribution in [0.4, 0.5) is 0 Å².